The summed E-state index contributed by atoms with van der Waals surface area (Å²) in [7, 11) is 0. The minimum absolute atomic E-state index is 0.170. The normalized spacial score (nSPS) is 19.3. The lowest BCUT2D eigenvalue weighted by Crippen LogP contribution is -2.44. The molecule has 6 heteroatoms. The molecule has 2 fully saturated rings. The Kier molecular flexibility index (Phi) is 4.83. The summed E-state index contributed by atoms with van der Waals surface area (Å²) in [5.74, 6) is 0.252. The van der Waals surface area contributed by atoms with E-state index in [4.69, 9.17) is 10.1 Å². The zero-order chi connectivity index (χ0) is 17.0. The molecular weight excluding hydrogens is 304 g/mol. The molecule has 128 valence electrons. The number of amides is 1. The zero-order valence-electron chi connectivity index (χ0n) is 13.9. The number of piperidine rings is 1. The van der Waals surface area contributed by atoms with E-state index in [1.165, 1.54) is 0 Å². The van der Waals surface area contributed by atoms with Gasteiger partial charge in [-0.3, -0.25) is 5.41 Å². The Hall–Kier alpha value is -2.37. The summed E-state index contributed by atoms with van der Waals surface area (Å²) < 4.78 is 5.44. The van der Waals surface area contributed by atoms with Crippen LogP contribution in [0.15, 0.2) is 35.3 Å². The molecule has 0 atom stereocenters. The predicted molar refractivity (Wildman–Crippen MR) is 93.3 cm³/mol. The van der Waals surface area contributed by atoms with Crippen LogP contribution < -0.4 is 0 Å². The van der Waals surface area contributed by atoms with E-state index in [1.807, 2.05) is 40.1 Å². The SMILES string of the molecule is C=NC(=N)N1CCC2(CC1)CCN(C(=O)OCc1ccccc1)C2. The highest BCUT2D eigenvalue weighted by atomic mass is 16.6. The van der Waals surface area contributed by atoms with Gasteiger partial charge in [0.15, 0.2) is 0 Å². The molecule has 2 saturated heterocycles. The van der Waals surface area contributed by atoms with Gasteiger partial charge >= 0.3 is 6.09 Å². The molecule has 1 amide bonds. The average molecular weight is 328 g/mol. The van der Waals surface area contributed by atoms with Gasteiger partial charge in [0.25, 0.3) is 0 Å². The summed E-state index contributed by atoms with van der Waals surface area (Å²) in [5.41, 5.74) is 1.17. The van der Waals surface area contributed by atoms with Crippen molar-refractivity contribution >= 4 is 18.8 Å². The number of nitrogens with zero attached hydrogens (tertiary/aromatic N) is 3. The highest BCUT2D eigenvalue weighted by Gasteiger charge is 2.42. The Balaban J connectivity index is 1.49. The van der Waals surface area contributed by atoms with Crippen molar-refractivity contribution in [2.24, 2.45) is 10.4 Å². The number of aliphatic imine (C=N–C) groups is 1. The van der Waals surface area contributed by atoms with Gasteiger partial charge in [-0.25, -0.2) is 9.79 Å². The van der Waals surface area contributed by atoms with Gasteiger partial charge in [0.05, 0.1) is 0 Å². The van der Waals surface area contributed by atoms with Crippen molar-refractivity contribution in [3.63, 3.8) is 0 Å². The summed E-state index contributed by atoms with van der Waals surface area (Å²) in [6, 6.07) is 9.74. The van der Waals surface area contributed by atoms with Gasteiger partial charge in [-0.2, -0.15) is 0 Å². The fraction of sp³-hybridized carbons (Fsp3) is 0.500. The maximum Gasteiger partial charge on any atom is 0.410 e. The minimum atomic E-state index is -0.223. The first-order valence-electron chi connectivity index (χ1n) is 8.38. The molecule has 1 aromatic rings. The van der Waals surface area contributed by atoms with E-state index in [2.05, 4.69) is 11.7 Å². The number of rotatable bonds is 2. The lowest BCUT2D eigenvalue weighted by atomic mass is 9.78. The highest BCUT2D eigenvalue weighted by molar-refractivity contribution is 5.81. The Morgan fingerprint density at radius 1 is 1.17 bits per heavy atom. The van der Waals surface area contributed by atoms with Gasteiger partial charge < -0.3 is 14.5 Å². The maximum absolute atomic E-state index is 12.3. The quantitative estimate of drug-likeness (QED) is 0.670. The van der Waals surface area contributed by atoms with Crippen LogP contribution in [0, 0.1) is 10.8 Å². The van der Waals surface area contributed by atoms with Gasteiger partial charge in [0, 0.05) is 26.2 Å². The molecule has 6 nitrogen and oxygen atoms in total. The van der Waals surface area contributed by atoms with Crippen LogP contribution in [0.1, 0.15) is 24.8 Å². The fourth-order valence-electron chi connectivity index (χ4n) is 3.60. The van der Waals surface area contributed by atoms with E-state index >= 15 is 0 Å². The smallest absolute Gasteiger partial charge is 0.410 e. The van der Waals surface area contributed by atoms with Crippen LogP contribution >= 0.6 is 0 Å². The molecule has 1 aromatic carbocycles. The summed E-state index contributed by atoms with van der Waals surface area (Å²) in [5, 5.41) is 7.75. The van der Waals surface area contributed by atoms with Crippen molar-refractivity contribution in [1.29, 1.82) is 5.41 Å². The molecule has 0 saturated carbocycles. The summed E-state index contributed by atoms with van der Waals surface area (Å²) >= 11 is 0. The maximum atomic E-state index is 12.3. The zero-order valence-corrected chi connectivity index (χ0v) is 13.9. The van der Waals surface area contributed by atoms with Crippen LogP contribution in [0.25, 0.3) is 0 Å². The Labute approximate surface area is 142 Å². The topological polar surface area (TPSA) is 69.0 Å². The average Bonchev–Trinajstić information content (AvgIpc) is 3.04. The monoisotopic (exact) mass is 328 g/mol. The van der Waals surface area contributed by atoms with E-state index in [0.717, 1.165) is 51.0 Å². The van der Waals surface area contributed by atoms with Gasteiger partial charge in [-0.05, 0) is 37.0 Å². The third-order valence-electron chi connectivity index (χ3n) is 5.18. The fourth-order valence-corrected chi connectivity index (χ4v) is 3.60. The van der Waals surface area contributed by atoms with Crippen LogP contribution in [-0.4, -0.2) is 54.7 Å². The predicted octanol–water partition coefficient (Wildman–Crippen LogP) is 2.75. The minimum Gasteiger partial charge on any atom is -0.445 e. The molecule has 1 spiro atoms. The Morgan fingerprint density at radius 2 is 1.79 bits per heavy atom. The van der Waals surface area contributed by atoms with E-state index < -0.39 is 0 Å². The molecule has 2 aliphatic heterocycles. The first-order chi connectivity index (χ1) is 11.6. The van der Waals surface area contributed by atoms with E-state index in [9.17, 15) is 4.79 Å². The first-order valence-corrected chi connectivity index (χ1v) is 8.38. The van der Waals surface area contributed by atoms with Gasteiger partial charge in [-0.15, -0.1) is 0 Å². The molecule has 2 heterocycles. The summed E-state index contributed by atoms with van der Waals surface area (Å²) in [4.78, 5) is 19.8. The molecule has 0 bridgehead atoms. The van der Waals surface area contributed by atoms with Crippen molar-refractivity contribution in [3.8, 4) is 0 Å². The lowest BCUT2D eigenvalue weighted by Gasteiger charge is -2.39. The lowest BCUT2D eigenvalue weighted by molar-refractivity contribution is 0.0927. The number of hydrogen-bond donors (Lipinski definition) is 1. The summed E-state index contributed by atoms with van der Waals surface area (Å²) in [6.07, 6.45) is 2.75. The number of carbonyl (C=O) groups excluding carboxylic acids is 1. The van der Waals surface area contributed by atoms with Crippen molar-refractivity contribution in [2.75, 3.05) is 26.2 Å². The van der Waals surface area contributed by atoms with Crippen LogP contribution in [0.2, 0.25) is 0 Å². The summed E-state index contributed by atoms with van der Waals surface area (Å²) in [6.45, 7) is 6.87. The van der Waals surface area contributed by atoms with Crippen LogP contribution in [0.3, 0.4) is 0 Å². The van der Waals surface area contributed by atoms with Crippen molar-refractivity contribution < 1.29 is 9.53 Å². The van der Waals surface area contributed by atoms with Gasteiger partial charge in [-0.1, -0.05) is 30.3 Å². The Morgan fingerprint density at radius 3 is 2.42 bits per heavy atom. The number of likely N-dealkylation sites (tertiary alicyclic amines) is 2. The van der Waals surface area contributed by atoms with Gasteiger partial charge in [0.2, 0.25) is 5.96 Å². The Bertz CT molecular complexity index is 609. The van der Waals surface area contributed by atoms with Crippen molar-refractivity contribution in [2.45, 2.75) is 25.9 Å². The number of carbonyl (C=O) groups is 1. The molecule has 0 aromatic heterocycles. The van der Waals surface area contributed by atoms with Crippen LogP contribution in [0.4, 0.5) is 4.79 Å². The molecule has 2 aliphatic rings. The molecule has 1 N–H and O–H groups in total. The molecule has 3 rings (SSSR count). The number of ether oxygens (including phenoxy) is 1. The van der Waals surface area contributed by atoms with Crippen LogP contribution in [0.5, 0.6) is 0 Å². The third-order valence-corrected chi connectivity index (χ3v) is 5.18. The van der Waals surface area contributed by atoms with E-state index in [0.29, 0.717) is 6.61 Å². The molecule has 0 aliphatic carbocycles. The number of hydrogen-bond acceptors (Lipinski definition) is 3. The second-order valence-corrected chi connectivity index (χ2v) is 6.68. The molecule has 24 heavy (non-hydrogen) atoms. The van der Waals surface area contributed by atoms with E-state index in [-0.39, 0.29) is 17.5 Å². The number of guanidine groups is 1. The number of nitrogens with one attached hydrogen (secondary N) is 1. The van der Waals surface area contributed by atoms with Crippen molar-refractivity contribution in [1.82, 2.24) is 9.80 Å². The second kappa shape index (κ2) is 7.03. The van der Waals surface area contributed by atoms with Crippen molar-refractivity contribution in [3.05, 3.63) is 35.9 Å². The molecule has 0 radical (unpaired) electrons. The standard InChI is InChI=1S/C18H24N4O2/c1-20-16(19)21-10-7-18(8-11-21)9-12-22(14-18)17(23)24-13-15-5-3-2-4-6-15/h2-6,19H,1,7-14H2. The van der Waals surface area contributed by atoms with E-state index in [1.54, 1.807) is 0 Å². The highest BCUT2D eigenvalue weighted by Crippen LogP contribution is 2.40. The molecule has 0 unspecified atom stereocenters. The van der Waals surface area contributed by atoms with Crippen LogP contribution in [-0.2, 0) is 11.3 Å². The third kappa shape index (κ3) is 3.58. The second-order valence-electron chi connectivity index (χ2n) is 6.68. The molecular formula is C18H24N4O2. The largest absolute Gasteiger partial charge is 0.445 e. The van der Waals surface area contributed by atoms with Gasteiger partial charge in [0.1, 0.15) is 6.61 Å². The number of benzene rings is 1. The first kappa shape index (κ1) is 16.5.